The maximum absolute atomic E-state index is 13.1. The first-order valence-electron chi connectivity index (χ1n) is 10.9. The molecule has 0 aromatic heterocycles. The fraction of sp³-hybridized carbons (Fsp3) is 0.360. The van der Waals surface area contributed by atoms with E-state index < -0.39 is 17.7 Å². The Morgan fingerprint density at radius 2 is 1.75 bits per heavy atom. The molecule has 7 heteroatoms. The molecule has 2 aromatic carbocycles. The predicted octanol–water partition coefficient (Wildman–Crippen LogP) is 6.15. The quantitative estimate of drug-likeness (QED) is 0.310. The van der Waals surface area contributed by atoms with Crippen LogP contribution in [-0.2, 0) is 9.59 Å². The fourth-order valence-corrected chi connectivity index (χ4v) is 4.80. The lowest BCUT2D eigenvalue weighted by atomic mass is 9.94. The highest BCUT2D eigenvalue weighted by atomic mass is 35.5. The number of ether oxygens (including phenoxy) is 1. The second-order valence-corrected chi connectivity index (χ2v) is 9.01. The zero-order valence-corrected chi connectivity index (χ0v) is 19.3. The Morgan fingerprint density at radius 3 is 2.38 bits per heavy atom. The summed E-state index contributed by atoms with van der Waals surface area (Å²) in [7, 11) is 0. The van der Waals surface area contributed by atoms with Gasteiger partial charge in [0.25, 0.3) is 11.7 Å². The third-order valence-electron chi connectivity index (χ3n) is 6.06. The molecule has 32 heavy (non-hydrogen) atoms. The van der Waals surface area contributed by atoms with Gasteiger partial charge >= 0.3 is 0 Å². The van der Waals surface area contributed by atoms with Gasteiger partial charge in [-0.15, -0.1) is 0 Å². The summed E-state index contributed by atoms with van der Waals surface area (Å²) in [6, 6.07) is 11.3. The van der Waals surface area contributed by atoms with Crippen molar-refractivity contribution in [2.75, 3.05) is 6.61 Å². The lowest BCUT2D eigenvalue weighted by Crippen LogP contribution is -2.37. The van der Waals surface area contributed by atoms with Crippen LogP contribution in [0, 0.1) is 0 Å². The van der Waals surface area contributed by atoms with E-state index in [1.165, 1.54) is 6.07 Å². The number of halogens is 2. The molecule has 1 atom stereocenters. The summed E-state index contributed by atoms with van der Waals surface area (Å²) in [5.74, 6) is -0.789. The van der Waals surface area contributed by atoms with Crippen molar-refractivity contribution in [2.45, 2.75) is 51.1 Å². The van der Waals surface area contributed by atoms with Gasteiger partial charge in [0.1, 0.15) is 11.5 Å². The zero-order chi connectivity index (χ0) is 22.8. The van der Waals surface area contributed by atoms with Crippen molar-refractivity contribution < 1.29 is 19.4 Å². The van der Waals surface area contributed by atoms with E-state index in [2.05, 4.69) is 0 Å². The van der Waals surface area contributed by atoms with Gasteiger partial charge in [0.15, 0.2) is 0 Å². The average molecular weight is 474 g/mol. The minimum Gasteiger partial charge on any atom is -0.507 e. The van der Waals surface area contributed by atoms with Gasteiger partial charge in [-0.25, -0.2) is 0 Å². The summed E-state index contributed by atoms with van der Waals surface area (Å²) in [6.45, 7) is 2.64. The number of ketones is 1. The Labute approximate surface area is 197 Å². The molecule has 1 heterocycles. The number of likely N-dealkylation sites (tertiary alicyclic amines) is 1. The molecule has 168 valence electrons. The first kappa shape index (κ1) is 22.7. The van der Waals surface area contributed by atoms with Crippen molar-refractivity contribution in [3.05, 3.63) is 69.2 Å². The number of aliphatic hydroxyl groups excluding tert-OH is 1. The highest BCUT2D eigenvalue weighted by Gasteiger charge is 2.49. The Hall–Kier alpha value is -2.50. The molecular formula is C25H25Cl2NO4. The lowest BCUT2D eigenvalue weighted by molar-refractivity contribution is -0.141. The van der Waals surface area contributed by atoms with E-state index in [-0.39, 0.29) is 22.4 Å². The lowest BCUT2D eigenvalue weighted by Gasteiger charge is -2.30. The molecule has 0 radical (unpaired) electrons. The summed E-state index contributed by atoms with van der Waals surface area (Å²) in [4.78, 5) is 27.9. The Balaban J connectivity index is 1.81. The second kappa shape index (κ2) is 9.55. The van der Waals surface area contributed by atoms with Crippen LogP contribution in [0.1, 0.15) is 56.2 Å². The molecule has 4 rings (SSSR count). The first-order chi connectivity index (χ1) is 15.4. The SMILES string of the molecule is CCCOc1ccc(C2/C(=C(/O)c3ccc(Cl)c(Cl)c3)C(=O)C(=O)N2C2CCCC2)cc1. The van der Waals surface area contributed by atoms with Crippen molar-refractivity contribution in [2.24, 2.45) is 0 Å². The Morgan fingerprint density at radius 1 is 1.06 bits per heavy atom. The molecule has 2 aliphatic rings. The van der Waals surface area contributed by atoms with Crippen LogP contribution < -0.4 is 4.74 Å². The number of carbonyl (C=O) groups is 2. The van der Waals surface area contributed by atoms with Gasteiger partial charge in [0, 0.05) is 11.6 Å². The van der Waals surface area contributed by atoms with Crippen LogP contribution in [0.5, 0.6) is 5.75 Å². The highest BCUT2D eigenvalue weighted by Crippen LogP contribution is 2.44. The first-order valence-corrected chi connectivity index (χ1v) is 11.7. The van der Waals surface area contributed by atoms with Gasteiger partial charge in [0.05, 0.1) is 28.3 Å². The predicted molar refractivity (Wildman–Crippen MR) is 125 cm³/mol. The number of hydrogen-bond donors (Lipinski definition) is 1. The van der Waals surface area contributed by atoms with Crippen molar-refractivity contribution in [3.63, 3.8) is 0 Å². The zero-order valence-electron chi connectivity index (χ0n) is 17.8. The molecule has 0 bridgehead atoms. The molecule has 1 saturated carbocycles. The molecule has 1 unspecified atom stereocenters. The number of benzene rings is 2. The standard InChI is InChI=1S/C25H25Cl2NO4/c1-2-13-32-18-10-7-15(8-11-18)22-21(23(29)16-9-12-19(26)20(27)14-16)24(30)25(31)28(22)17-5-3-4-6-17/h7-12,14,17,22,29H,2-6,13H2,1H3/b23-21-. The third-order valence-corrected chi connectivity index (χ3v) is 6.80. The van der Waals surface area contributed by atoms with Crippen LogP contribution in [-0.4, -0.2) is 34.3 Å². The summed E-state index contributed by atoms with van der Waals surface area (Å²) >= 11 is 12.1. The van der Waals surface area contributed by atoms with Crippen molar-refractivity contribution >= 4 is 40.7 Å². The monoisotopic (exact) mass is 473 g/mol. The molecular weight excluding hydrogens is 449 g/mol. The summed E-state index contributed by atoms with van der Waals surface area (Å²) < 4.78 is 5.67. The van der Waals surface area contributed by atoms with E-state index in [1.54, 1.807) is 17.0 Å². The van der Waals surface area contributed by atoms with Gasteiger partial charge in [0.2, 0.25) is 0 Å². The molecule has 1 N–H and O–H groups in total. The smallest absolute Gasteiger partial charge is 0.295 e. The van der Waals surface area contributed by atoms with Crippen molar-refractivity contribution in [3.8, 4) is 5.75 Å². The van der Waals surface area contributed by atoms with E-state index in [4.69, 9.17) is 27.9 Å². The van der Waals surface area contributed by atoms with Crippen LogP contribution >= 0.6 is 23.2 Å². The molecule has 2 fully saturated rings. The number of aliphatic hydroxyl groups is 1. The minimum atomic E-state index is -0.684. The van der Waals surface area contributed by atoms with Crippen molar-refractivity contribution in [1.29, 1.82) is 0 Å². The van der Waals surface area contributed by atoms with E-state index in [9.17, 15) is 14.7 Å². The summed E-state index contributed by atoms with van der Waals surface area (Å²) in [5.41, 5.74) is 1.17. The number of rotatable bonds is 6. The van der Waals surface area contributed by atoms with Gasteiger partial charge in [-0.2, -0.15) is 0 Å². The number of hydrogen-bond acceptors (Lipinski definition) is 4. The van der Waals surface area contributed by atoms with Crippen LogP contribution in [0.3, 0.4) is 0 Å². The van der Waals surface area contributed by atoms with E-state index in [0.717, 1.165) is 43.4 Å². The maximum atomic E-state index is 13.1. The largest absolute Gasteiger partial charge is 0.507 e. The van der Waals surface area contributed by atoms with Gasteiger partial charge in [-0.05, 0) is 55.2 Å². The number of Topliss-reactive ketones (excluding diaryl/α,β-unsaturated/α-hetero) is 1. The number of nitrogens with zero attached hydrogens (tertiary/aromatic N) is 1. The van der Waals surface area contributed by atoms with E-state index >= 15 is 0 Å². The summed E-state index contributed by atoms with van der Waals surface area (Å²) in [5, 5.41) is 11.7. The van der Waals surface area contributed by atoms with Gasteiger partial charge in [-0.3, -0.25) is 9.59 Å². The maximum Gasteiger partial charge on any atom is 0.295 e. The Kier molecular flexibility index (Phi) is 6.77. The molecule has 2 aromatic rings. The topological polar surface area (TPSA) is 66.8 Å². The van der Waals surface area contributed by atoms with Gasteiger partial charge in [-0.1, -0.05) is 55.1 Å². The normalized spacial score (nSPS) is 20.8. The van der Waals surface area contributed by atoms with E-state index in [1.807, 2.05) is 31.2 Å². The molecule has 1 aliphatic heterocycles. The summed E-state index contributed by atoms with van der Waals surface area (Å²) in [6.07, 6.45) is 4.60. The molecule has 1 saturated heterocycles. The average Bonchev–Trinajstić information content (AvgIpc) is 3.41. The van der Waals surface area contributed by atoms with E-state index in [0.29, 0.717) is 17.2 Å². The highest BCUT2D eigenvalue weighted by molar-refractivity contribution is 6.47. The second-order valence-electron chi connectivity index (χ2n) is 8.19. The van der Waals surface area contributed by atoms with Crippen LogP contribution in [0.4, 0.5) is 0 Å². The molecule has 5 nitrogen and oxygen atoms in total. The molecule has 1 amide bonds. The number of carbonyl (C=O) groups excluding carboxylic acids is 2. The Bertz CT molecular complexity index is 1060. The molecule has 0 spiro atoms. The van der Waals surface area contributed by atoms with Crippen LogP contribution in [0.2, 0.25) is 10.0 Å². The third kappa shape index (κ3) is 4.24. The van der Waals surface area contributed by atoms with Crippen molar-refractivity contribution in [1.82, 2.24) is 4.90 Å². The van der Waals surface area contributed by atoms with Crippen LogP contribution in [0.15, 0.2) is 48.0 Å². The minimum absolute atomic E-state index is 0.0356. The fourth-order valence-electron chi connectivity index (χ4n) is 4.50. The van der Waals surface area contributed by atoms with Crippen LogP contribution in [0.25, 0.3) is 5.76 Å². The number of amides is 1. The molecule has 1 aliphatic carbocycles. The van der Waals surface area contributed by atoms with Gasteiger partial charge < -0.3 is 14.7 Å².